The molecule has 60 valence electrons. The molecule has 0 spiro atoms. The lowest BCUT2D eigenvalue weighted by Crippen LogP contribution is -1.90. The molecule has 0 aliphatic rings. The molecule has 0 fully saturated rings. The molecule has 0 bridgehead atoms. The van der Waals surface area contributed by atoms with Crippen molar-refractivity contribution in [1.82, 2.24) is 4.98 Å². The Morgan fingerprint density at radius 1 is 1.50 bits per heavy atom. The van der Waals surface area contributed by atoms with E-state index in [4.69, 9.17) is 5.11 Å². The van der Waals surface area contributed by atoms with Crippen LogP contribution in [0.25, 0.3) is 0 Å². The lowest BCUT2D eigenvalue weighted by molar-refractivity contribution is -0.135. The Bertz CT molecular complexity index is 321. The first-order valence-corrected chi connectivity index (χ1v) is 3.40. The van der Waals surface area contributed by atoms with E-state index in [1.165, 1.54) is 0 Å². The molecule has 1 aromatic heterocycles. The van der Waals surface area contributed by atoms with Gasteiger partial charge in [-0.25, -0.2) is 0 Å². The molecule has 0 saturated heterocycles. The summed E-state index contributed by atoms with van der Waals surface area (Å²) < 4.78 is 0. The number of rotatable bonds is 1. The van der Waals surface area contributed by atoms with Gasteiger partial charge in [-0.05, 0) is 12.1 Å². The maximum Gasteiger partial charge on any atom is 0.315 e. The molecule has 0 aromatic carbocycles. The molecular weight excluding hydrogens is 154 g/mol. The Kier molecular flexibility index (Phi) is 2.86. The lowest BCUT2D eigenvalue weighted by Gasteiger charge is -1.84. The maximum absolute atomic E-state index is 10.1. The molecule has 1 heterocycles. The number of hydrogen-bond acceptors (Lipinski definition) is 2. The minimum Gasteiger partial charge on any atom is -0.481 e. The van der Waals surface area contributed by atoms with E-state index in [2.05, 4.69) is 16.8 Å². The van der Waals surface area contributed by atoms with Gasteiger partial charge in [0, 0.05) is 18.0 Å². The van der Waals surface area contributed by atoms with Crippen molar-refractivity contribution in [3.05, 3.63) is 30.1 Å². The largest absolute Gasteiger partial charge is 0.481 e. The van der Waals surface area contributed by atoms with Crippen molar-refractivity contribution in [2.75, 3.05) is 0 Å². The van der Waals surface area contributed by atoms with Crippen molar-refractivity contribution < 1.29 is 9.90 Å². The number of aliphatic carboxylic acids is 1. The van der Waals surface area contributed by atoms with Gasteiger partial charge in [0.15, 0.2) is 0 Å². The van der Waals surface area contributed by atoms with E-state index in [0.717, 1.165) is 5.56 Å². The smallest absolute Gasteiger partial charge is 0.315 e. The fourth-order valence-electron chi connectivity index (χ4n) is 0.657. The quantitative estimate of drug-likeness (QED) is 0.623. The molecule has 0 radical (unpaired) electrons. The van der Waals surface area contributed by atoms with Gasteiger partial charge < -0.3 is 5.11 Å². The van der Waals surface area contributed by atoms with Crippen LogP contribution in [0.15, 0.2) is 24.5 Å². The summed E-state index contributed by atoms with van der Waals surface area (Å²) in [6.45, 7) is 0. The summed E-state index contributed by atoms with van der Waals surface area (Å²) in [5.41, 5.74) is 0.784. The van der Waals surface area contributed by atoms with Gasteiger partial charge in [-0.15, -0.1) is 0 Å². The SMILES string of the molecule is O=C(O)CC#Cc1ccncc1. The van der Waals surface area contributed by atoms with E-state index in [1.54, 1.807) is 24.5 Å². The summed E-state index contributed by atoms with van der Waals surface area (Å²) >= 11 is 0. The molecule has 0 aliphatic heterocycles. The second-order valence-corrected chi connectivity index (χ2v) is 2.11. The normalized spacial score (nSPS) is 8.33. The molecule has 1 aromatic rings. The van der Waals surface area contributed by atoms with Crippen molar-refractivity contribution in [1.29, 1.82) is 0 Å². The summed E-state index contributed by atoms with van der Waals surface area (Å²) in [7, 11) is 0. The number of carbonyl (C=O) groups is 1. The fourth-order valence-corrected chi connectivity index (χ4v) is 0.657. The lowest BCUT2D eigenvalue weighted by atomic mass is 10.2. The number of pyridine rings is 1. The third-order valence-corrected chi connectivity index (χ3v) is 1.15. The Hall–Kier alpha value is -1.82. The van der Waals surface area contributed by atoms with Gasteiger partial charge in [0.25, 0.3) is 0 Å². The van der Waals surface area contributed by atoms with Crippen LogP contribution < -0.4 is 0 Å². The fraction of sp³-hybridized carbons (Fsp3) is 0.111. The molecular formula is C9H7NO2. The van der Waals surface area contributed by atoms with Crippen LogP contribution in [0.2, 0.25) is 0 Å². The van der Waals surface area contributed by atoms with Crippen molar-refractivity contribution in [3.8, 4) is 11.8 Å². The summed E-state index contributed by atoms with van der Waals surface area (Å²) in [4.78, 5) is 13.9. The second kappa shape index (κ2) is 4.14. The summed E-state index contributed by atoms with van der Waals surface area (Å²) in [6.07, 6.45) is 3.11. The molecule has 0 unspecified atom stereocenters. The van der Waals surface area contributed by atoms with E-state index < -0.39 is 5.97 Å². The van der Waals surface area contributed by atoms with Crippen LogP contribution in [-0.2, 0) is 4.79 Å². The molecule has 3 nitrogen and oxygen atoms in total. The molecule has 1 rings (SSSR count). The number of carboxylic acid groups (broad SMARTS) is 1. The Labute approximate surface area is 70.1 Å². The highest BCUT2D eigenvalue weighted by Crippen LogP contribution is 1.91. The van der Waals surface area contributed by atoms with Crippen molar-refractivity contribution in [2.24, 2.45) is 0 Å². The first-order valence-electron chi connectivity index (χ1n) is 3.40. The van der Waals surface area contributed by atoms with E-state index in [-0.39, 0.29) is 6.42 Å². The van der Waals surface area contributed by atoms with Crippen LogP contribution in [0.4, 0.5) is 0 Å². The highest BCUT2D eigenvalue weighted by Gasteiger charge is 1.88. The van der Waals surface area contributed by atoms with Crippen LogP contribution in [0.1, 0.15) is 12.0 Å². The number of carboxylic acids is 1. The molecule has 0 amide bonds. The monoisotopic (exact) mass is 161 g/mol. The highest BCUT2D eigenvalue weighted by molar-refractivity contribution is 5.70. The summed E-state index contributed by atoms with van der Waals surface area (Å²) in [5, 5.41) is 8.28. The predicted molar refractivity (Wildman–Crippen MR) is 43.4 cm³/mol. The average molecular weight is 161 g/mol. The van der Waals surface area contributed by atoms with Crippen LogP contribution >= 0.6 is 0 Å². The average Bonchev–Trinajstić information content (AvgIpc) is 2.05. The number of hydrogen-bond donors (Lipinski definition) is 1. The first-order chi connectivity index (χ1) is 5.79. The van der Waals surface area contributed by atoms with Crippen LogP contribution in [0, 0.1) is 11.8 Å². The zero-order valence-corrected chi connectivity index (χ0v) is 6.32. The zero-order valence-electron chi connectivity index (χ0n) is 6.32. The third-order valence-electron chi connectivity index (χ3n) is 1.15. The molecule has 0 atom stereocenters. The summed E-state index contributed by atoms with van der Waals surface area (Å²) in [6, 6.07) is 3.46. The molecule has 1 N–H and O–H groups in total. The molecule has 12 heavy (non-hydrogen) atoms. The van der Waals surface area contributed by atoms with Gasteiger partial charge in [0.2, 0.25) is 0 Å². The second-order valence-electron chi connectivity index (χ2n) is 2.11. The minimum atomic E-state index is -0.906. The Morgan fingerprint density at radius 3 is 2.75 bits per heavy atom. The number of aromatic nitrogens is 1. The van der Waals surface area contributed by atoms with Crippen LogP contribution in [-0.4, -0.2) is 16.1 Å². The van der Waals surface area contributed by atoms with Gasteiger partial charge in [0.1, 0.15) is 6.42 Å². The Morgan fingerprint density at radius 2 is 2.17 bits per heavy atom. The van der Waals surface area contributed by atoms with E-state index in [0.29, 0.717) is 0 Å². The van der Waals surface area contributed by atoms with Gasteiger partial charge in [0.05, 0.1) is 0 Å². The first kappa shape index (κ1) is 8.28. The summed E-state index contributed by atoms with van der Waals surface area (Å²) in [5.74, 6) is 4.32. The Balaban J connectivity index is 2.61. The maximum atomic E-state index is 10.1. The van der Waals surface area contributed by atoms with Crippen molar-refractivity contribution in [2.45, 2.75) is 6.42 Å². The van der Waals surface area contributed by atoms with Crippen LogP contribution in [0.3, 0.4) is 0 Å². The van der Waals surface area contributed by atoms with Gasteiger partial charge in [-0.1, -0.05) is 11.8 Å². The molecule has 0 aliphatic carbocycles. The molecule has 0 saturated carbocycles. The van der Waals surface area contributed by atoms with E-state index in [1.807, 2.05) is 0 Å². The van der Waals surface area contributed by atoms with Gasteiger partial charge in [-0.2, -0.15) is 0 Å². The van der Waals surface area contributed by atoms with Crippen LogP contribution in [0.5, 0.6) is 0 Å². The topological polar surface area (TPSA) is 50.2 Å². The predicted octanol–water partition coefficient (Wildman–Crippen LogP) is 0.908. The van der Waals surface area contributed by atoms with Gasteiger partial charge in [-0.3, -0.25) is 9.78 Å². The minimum absolute atomic E-state index is 0.123. The molecule has 3 heteroatoms. The van der Waals surface area contributed by atoms with Gasteiger partial charge >= 0.3 is 5.97 Å². The van der Waals surface area contributed by atoms with E-state index in [9.17, 15) is 4.79 Å². The van der Waals surface area contributed by atoms with E-state index >= 15 is 0 Å². The standard InChI is InChI=1S/C9H7NO2/c11-9(12)3-1-2-8-4-6-10-7-5-8/h4-7H,3H2,(H,11,12). The zero-order chi connectivity index (χ0) is 8.81. The van der Waals surface area contributed by atoms with Crippen molar-refractivity contribution in [3.63, 3.8) is 0 Å². The highest BCUT2D eigenvalue weighted by atomic mass is 16.4. The van der Waals surface area contributed by atoms with Crippen molar-refractivity contribution >= 4 is 5.97 Å². The third kappa shape index (κ3) is 2.84. The number of nitrogens with zero attached hydrogens (tertiary/aromatic N) is 1.